The molecule has 0 aromatic heterocycles. The zero-order valence-corrected chi connectivity index (χ0v) is 15.2. The van der Waals surface area contributed by atoms with Crippen LogP contribution in [0.1, 0.15) is 11.1 Å². The molecule has 0 aliphatic heterocycles. The van der Waals surface area contributed by atoms with Crippen LogP contribution < -0.4 is 9.47 Å². The molecule has 6 heteroatoms. The molecule has 0 fully saturated rings. The summed E-state index contributed by atoms with van der Waals surface area (Å²) in [5.74, 6) is 0.158. The van der Waals surface area contributed by atoms with Crippen molar-refractivity contribution < 1.29 is 24.5 Å². The quantitative estimate of drug-likeness (QED) is 0.502. The van der Waals surface area contributed by atoms with Crippen molar-refractivity contribution in [1.82, 2.24) is 0 Å². The van der Waals surface area contributed by atoms with E-state index in [1.165, 1.54) is 32.4 Å². The minimum Gasteiger partial charge on any atom is -0.508 e. The molecule has 1 radical (unpaired) electrons. The second kappa shape index (κ2) is 8.62. The fraction of sp³-hybridized carbons (Fsp3) is 0.118. The van der Waals surface area contributed by atoms with Crippen LogP contribution in [0.15, 0.2) is 42.5 Å². The number of methoxy groups -OCH3 is 2. The van der Waals surface area contributed by atoms with Crippen LogP contribution >= 0.6 is 0 Å². The maximum atomic E-state index is 11.5. The second-order valence-electron chi connectivity index (χ2n) is 4.56. The molecule has 0 saturated carbocycles. The Morgan fingerprint density at radius 2 is 1.52 bits per heavy atom. The van der Waals surface area contributed by atoms with E-state index < -0.39 is 5.97 Å². The number of hydrogen-bond acceptors (Lipinski definition) is 4. The molecule has 0 bridgehead atoms. The van der Waals surface area contributed by atoms with E-state index >= 15 is 0 Å². The molecule has 0 heterocycles. The van der Waals surface area contributed by atoms with E-state index in [9.17, 15) is 15.0 Å². The second-order valence-corrected chi connectivity index (χ2v) is 4.56. The summed E-state index contributed by atoms with van der Waals surface area (Å²) >= 11 is 0. The van der Waals surface area contributed by atoms with Crippen molar-refractivity contribution in [1.29, 1.82) is 0 Å². The first kappa shape index (κ1) is 19.1. The molecular formula is C17H16NaO5. The number of benzene rings is 2. The average molecular weight is 323 g/mol. The van der Waals surface area contributed by atoms with Crippen molar-refractivity contribution in [3.8, 4) is 17.2 Å². The van der Waals surface area contributed by atoms with Gasteiger partial charge >= 0.3 is 5.97 Å². The number of aliphatic carboxylic acids is 1. The van der Waals surface area contributed by atoms with E-state index in [1.54, 1.807) is 30.3 Å². The Labute approximate surface area is 156 Å². The molecule has 23 heavy (non-hydrogen) atoms. The molecule has 115 valence electrons. The van der Waals surface area contributed by atoms with Crippen molar-refractivity contribution in [2.45, 2.75) is 0 Å². The van der Waals surface area contributed by atoms with Crippen molar-refractivity contribution in [2.24, 2.45) is 0 Å². The normalized spacial score (nSPS) is 10.6. The van der Waals surface area contributed by atoms with Crippen LogP contribution in [0.5, 0.6) is 17.2 Å². The monoisotopic (exact) mass is 323 g/mol. The van der Waals surface area contributed by atoms with Crippen molar-refractivity contribution in [2.75, 3.05) is 14.2 Å². The van der Waals surface area contributed by atoms with Crippen LogP contribution in [0.2, 0.25) is 0 Å². The van der Waals surface area contributed by atoms with Crippen LogP contribution in [0.25, 0.3) is 11.6 Å². The third kappa shape index (κ3) is 5.03. The van der Waals surface area contributed by atoms with Crippen molar-refractivity contribution in [3.63, 3.8) is 0 Å². The number of aromatic hydroxyl groups is 1. The fourth-order valence-corrected chi connectivity index (χ4v) is 1.99. The van der Waals surface area contributed by atoms with Crippen LogP contribution in [0.4, 0.5) is 0 Å². The summed E-state index contributed by atoms with van der Waals surface area (Å²) in [5, 5.41) is 18.7. The Balaban J connectivity index is 0.00000264. The van der Waals surface area contributed by atoms with Crippen LogP contribution in [-0.4, -0.2) is 60.0 Å². The van der Waals surface area contributed by atoms with E-state index in [2.05, 4.69) is 0 Å². The van der Waals surface area contributed by atoms with Gasteiger partial charge in [-0.1, -0.05) is 12.1 Å². The van der Waals surface area contributed by atoms with Gasteiger partial charge in [0.1, 0.15) is 17.2 Å². The largest absolute Gasteiger partial charge is 0.508 e. The molecule has 0 amide bonds. The van der Waals surface area contributed by atoms with Crippen LogP contribution in [0.3, 0.4) is 0 Å². The Bertz CT molecular complexity index is 685. The van der Waals surface area contributed by atoms with E-state index in [1.807, 2.05) is 0 Å². The van der Waals surface area contributed by atoms with Gasteiger partial charge in [0.05, 0.1) is 19.8 Å². The molecular weight excluding hydrogens is 307 g/mol. The number of rotatable bonds is 5. The summed E-state index contributed by atoms with van der Waals surface area (Å²) in [6, 6.07) is 11.1. The van der Waals surface area contributed by atoms with Crippen molar-refractivity contribution in [3.05, 3.63) is 53.6 Å². The SMILES string of the molecule is COc1cc(/C=C(\C(=O)O)c2ccc(O)cc2)cc(OC)c1.[Na]. The number of carbonyl (C=O) groups is 1. The average Bonchev–Trinajstić information content (AvgIpc) is 2.53. The van der Waals surface area contributed by atoms with Gasteiger partial charge in [-0.2, -0.15) is 0 Å². The predicted molar refractivity (Wildman–Crippen MR) is 88.9 cm³/mol. The summed E-state index contributed by atoms with van der Waals surface area (Å²) in [7, 11) is 3.06. The molecule has 2 rings (SSSR count). The van der Waals surface area contributed by atoms with Gasteiger partial charge in [-0.3, -0.25) is 0 Å². The third-order valence-electron chi connectivity index (χ3n) is 3.09. The van der Waals surface area contributed by atoms with Gasteiger partial charge in [-0.15, -0.1) is 0 Å². The van der Waals surface area contributed by atoms with Crippen LogP contribution in [0, 0.1) is 0 Å². The molecule has 0 atom stereocenters. The Hall–Kier alpha value is -1.95. The summed E-state index contributed by atoms with van der Waals surface area (Å²) in [4.78, 5) is 11.5. The minimum atomic E-state index is -1.06. The van der Waals surface area contributed by atoms with Crippen LogP contribution in [-0.2, 0) is 4.79 Å². The number of phenolic OH excluding ortho intramolecular Hbond substituents is 1. The summed E-state index contributed by atoms with van der Waals surface area (Å²) in [6.07, 6.45) is 1.53. The predicted octanol–water partition coefficient (Wildman–Crippen LogP) is 2.65. The number of ether oxygens (including phenoxy) is 2. The summed E-state index contributed by atoms with van der Waals surface area (Å²) in [5.41, 5.74) is 1.24. The van der Waals surface area contributed by atoms with Gasteiger partial charge < -0.3 is 19.7 Å². The fourth-order valence-electron chi connectivity index (χ4n) is 1.99. The molecule has 2 N–H and O–H groups in total. The van der Waals surface area contributed by atoms with Gasteiger partial charge in [-0.05, 0) is 41.5 Å². The maximum absolute atomic E-state index is 11.5. The molecule has 0 unspecified atom stereocenters. The molecule has 5 nitrogen and oxygen atoms in total. The molecule has 0 saturated heterocycles. The molecule has 0 aliphatic carbocycles. The number of hydrogen-bond donors (Lipinski definition) is 2. The minimum absolute atomic E-state index is 0. The first-order valence-corrected chi connectivity index (χ1v) is 6.51. The Morgan fingerprint density at radius 3 is 1.96 bits per heavy atom. The van der Waals surface area contributed by atoms with Gasteiger partial charge in [0.15, 0.2) is 0 Å². The first-order chi connectivity index (χ1) is 10.5. The Morgan fingerprint density at radius 1 is 1.00 bits per heavy atom. The molecule has 0 spiro atoms. The maximum Gasteiger partial charge on any atom is 0.336 e. The van der Waals surface area contributed by atoms with Gasteiger partial charge in [0.2, 0.25) is 0 Å². The summed E-state index contributed by atoms with van der Waals surface area (Å²) < 4.78 is 10.3. The van der Waals surface area contributed by atoms with Crippen molar-refractivity contribution >= 4 is 47.2 Å². The smallest absolute Gasteiger partial charge is 0.336 e. The topological polar surface area (TPSA) is 76.0 Å². The van der Waals surface area contributed by atoms with E-state index in [-0.39, 0.29) is 40.9 Å². The zero-order valence-electron chi connectivity index (χ0n) is 13.2. The van der Waals surface area contributed by atoms with Gasteiger partial charge in [0.25, 0.3) is 0 Å². The molecule has 0 aliphatic rings. The zero-order chi connectivity index (χ0) is 16.1. The first-order valence-electron chi connectivity index (χ1n) is 6.51. The van der Waals surface area contributed by atoms with E-state index in [0.717, 1.165) is 0 Å². The van der Waals surface area contributed by atoms with Gasteiger partial charge in [0, 0.05) is 35.6 Å². The standard InChI is InChI=1S/C17H16O5.Na/c1-21-14-7-11(8-15(10-14)22-2)9-16(17(19)20)12-3-5-13(18)6-4-12;/h3-10,18H,1-2H3,(H,19,20);/b16-9-;. The number of carboxylic acid groups (broad SMARTS) is 1. The van der Waals surface area contributed by atoms with E-state index in [4.69, 9.17) is 9.47 Å². The van der Waals surface area contributed by atoms with Gasteiger partial charge in [-0.25, -0.2) is 4.79 Å². The Kier molecular flexibility index (Phi) is 7.16. The third-order valence-corrected chi connectivity index (χ3v) is 3.09. The summed E-state index contributed by atoms with van der Waals surface area (Å²) in [6.45, 7) is 0. The molecule has 2 aromatic rings. The number of carboxylic acids is 1. The molecule has 2 aromatic carbocycles. The van der Waals surface area contributed by atoms with E-state index in [0.29, 0.717) is 22.6 Å². The number of phenols is 1.